The summed E-state index contributed by atoms with van der Waals surface area (Å²) in [5.41, 5.74) is 1.55. The normalized spacial score (nSPS) is 13.5. The molecule has 1 fully saturated rings. The predicted molar refractivity (Wildman–Crippen MR) is 118 cm³/mol. The molecule has 1 heterocycles. The maximum absolute atomic E-state index is 12.5. The van der Waals surface area contributed by atoms with E-state index in [1.165, 1.54) is 27.0 Å². The second kappa shape index (κ2) is 10.6. The summed E-state index contributed by atoms with van der Waals surface area (Å²) in [6.45, 7) is 3.21. The number of amides is 2. The third-order valence-corrected chi connectivity index (χ3v) is 5.31. The van der Waals surface area contributed by atoms with Crippen LogP contribution in [-0.4, -0.2) is 70.8 Å². The van der Waals surface area contributed by atoms with Gasteiger partial charge in [-0.2, -0.15) is 0 Å². The molecule has 1 N–H and O–H groups in total. The zero-order valence-corrected chi connectivity index (χ0v) is 18.2. The summed E-state index contributed by atoms with van der Waals surface area (Å²) in [7, 11) is 4.50. The number of carbonyl (C=O) groups excluding carboxylic acids is 2. The minimum Gasteiger partial charge on any atom is -0.493 e. The van der Waals surface area contributed by atoms with Crippen molar-refractivity contribution in [1.29, 1.82) is 0 Å². The van der Waals surface area contributed by atoms with Crippen molar-refractivity contribution in [3.8, 4) is 17.2 Å². The molecule has 31 heavy (non-hydrogen) atoms. The van der Waals surface area contributed by atoms with E-state index in [1.807, 2.05) is 23.1 Å². The average Bonchev–Trinajstić information content (AvgIpc) is 2.83. The fourth-order valence-corrected chi connectivity index (χ4v) is 3.61. The van der Waals surface area contributed by atoms with Crippen molar-refractivity contribution >= 4 is 17.5 Å². The number of carbonyl (C=O) groups is 2. The minimum atomic E-state index is -0.305. The third-order valence-electron chi connectivity index (χ3n) is 5.31. The Kier molecular flexibility index (Phi) is 7.59. The number of para-hydroxylation sites is 1. The summed E-state index contributed by atoms with van der Waals surface area (Å²) >= 11 is 0. The second-order valence-corrected chi connectivity index (χ2v) is 7.12. The highest BCUT2D eigenvalue weighted by atomic mass is 16.5. The van der Waals surface area contributed by atoms with Gasteiger partial charge < -0.3 is 29.3 Å². The van der Waals surface area contributed by atoms with Crippen LogP contribution in [0.25, 0.3) is 0 Å². The smallest absolute Gasteiger partial charge is 0.251 e. The van der Waals surface area contributed by atoms with Crippen molar-refractivity contribution in [3.05, 3.63) is 48.0 Å². The van der Waals surface area contributed by atoms with E-state index in [1.54, 1.807) is 12.1 Å². The highest BCUT2D eigenvalue weighted by molar-refractivity contribution is 5.95. The van der Waals surface area contributed by atoms with Gasteiger partial charge in [0.1, 0.15) is 0 Å². The minimum absolute atomic E-state index is 0.0397. The van der Waals surface area contributed by atoms with E-state index in [-0.39, 0.29) is 24.8 Å². The van der Waals surface area contributed by atoms with Gasteiger partial charge in [0, 0.05) is 50.4 Å². The summed E-state index contributed by atoms with van der Waals surface area (Å²) < 4.78 is 15.8. The lowest BCUT2D eigenvalue weighted by Crippen LogP contribution is -2.49. The molecule has 2 amide bonds. The summed E-state index contributed by atoms with van der Waals surface area (Å²) in [4.78, 5) is 29.2. The van der Waals surface area contributed by atoms with Gasteiger partial charge in [-0.05, 0) is 24.3 Å². The first-order valence-corrected chi connectivity index (χ1v) is 10.2. The van der Waals surface area contributed by atoms with Crippen LogP contribution < -0.4 is 24.4 Å². The number of hydrogen-bond acceptors (Lipinski definition) is 6. The standard InChI is InChI=1S/C23H29N3O5/c1-29-19-15-17(16-20(30-2)22(19)31-3)23(28)24-10-9-21(27)26-13-11-25(12-14-26)18-7-5-4-6-8-18/h4-8,15-16H,9-14H2,1-3H3,(H,24,28). The van der Waals surface area contributed by atoms with Crippen molar-refractivity contribution in [1.82, 2.24) is 10.2 Å². The molecule has 0 bridgehead atoms. The van der Waals surface area contributed by atoms with Gasteiger partial charge in [0.15, 0.2) is 11.5 Å². The summed E-state index contributed by atoms with van der Waals surface area (Å²) in [5.74, 6) is 0.962. The predicted octanol–water partition coefficient (Wildman–Crippen LogP) is 2.18. The fourth-order valence-electron chi connectivity index (χ4n) is 3.61. The molecule has 0 aromatic heterocycles. The van der Waals surface area contributed by atoms with Gasteiger partial charge in [-0.15, -0.1) is 0 Å². The Morgan fingerprint density at radius 2 is 1.52 bits per heavy atom. The number of methoxy groups -OCH3 is 3. The molecule has 0 radical (unpaired) electrons. The fraction of sp³-hybridized carbons (Fsp3) is 0.391. The molecule has 1 aliphatic rings. The van der Waals surface area contributed by atoms with Crippen LogP contribution in [0.5, 0.6) is 17.2 Å². The van der Waals surface area contributed by atoms with Gasteiger partial charge in [0.25, 0.3) is 5.91 Å². The van der Waals surface area contributed by atoms with E-state index < -0.39 is 0 Å². The number of piperazine rings is 1. The van der Waals surface area contributed by atoms with Crippen LogP contribution in [0, 0.1) is 0 Å². The quantitative estimate of drug-likeness (QED) is 0.696. The molecule has 8 heteroatoms. The van der Waals surface area contributed by atoms with Crippen LogP contribution in [0.4, 0.5) is 5.69 Å². The number of anilines is 1. The molecule has 2 aromatic carbocycles. The van der Waals surface area contributed by atoms with E-state index in [9.17, 15) is 9.59 Å². The zero-order valence-electron chi connectivity index (χ0n) is 18.2. The van der Waals surface area contributed by atoms with Gasteiger partial charge in [0.2, 0.25) is 11.7 Å². The maximum atomic E-state index is 12.5. The molecule has 1 saturated heterocycles. The number of rotatable bonds is 8. The van der Waals surface area contributed by atoms with Gasteiger partial charge in [0.05, 0.1) is 21.3 Å². The number of benzene rings is 2. The monoisotopic (exact) mass is 427 g/mol. The molecular formula is C23H29N3O5. The van der Waals surface area contributed by atoms with E-state index >= 15 is 0 Å². The molecule has 1 aliphatic heterocycles. The third kappa shape index (κ3) is 5.39. The van der Waals surface area contributed by atoms with Gasteiger partial charge >= 0.3 is 0 Å². The van der Waals surface area contributed by atoms with Gasteiger partial charge in [-0.3, -0.25) is 9.59 Å². The van der Waals surface area contributed by atoms with Crippen molar-refractivity contribution in [2.75, 3.05) is 59.0 Å². The average molecular weight is 428 g/mol. The topological polar surface area (TPSA) is 80.3 Å². The van der Waals surface area contributed by atoms with Crippen LogP contribution in [0.2, 0.25) is 0 Å². The first-order chi connectivity index (χ1) is 15.1. The van der Waals surface area contributed by atoms with Crippen LogP contribution in [0.3, 0.4) is 0 Å². The first kappa shape index (κ1) is 22.3. The Morgan fingerprint density at radius 1 is 0.903 bits per heavy atom. The molecule has 0 spiro atoms. The van der Waals surface area contributed by atoms with Crippen LogP contribution in [-0.2, 0) is 4.79 Å². The van der Waals surface area contributed by atoms with Crippen molar-refractivity contribution < 1.29 is 23.8 Å². The number of nitrogens with zero attached hydrogens (tertiary/aromatic N) is 2. The summed E-state index contributed by atoms with van der Waals surface area (Å²) in [6, 6.07) is 13.4. The maximum Gasteiger partial charge on any atom is 0.251 e. The SMILES string of the molecule is COc1cc(C(=O)NCCC(=O)N2CCN(c3ccccc3)CC2)cc(OC)c1OC. The largest absolute Gasteiger partial charge is 0.493 e. The lowest BCUT2D eigenvalue weighted by atomic mass is 10.1. The molecule has 0 unspecified atom stereocenters. The van der Waals surface area contributed by atoms with E-state index in [0.29, 0.717) is 35.9 Å². The molecule has 2 aromatic rings. The Bertz CT molecular complexity index is 870. The van der Waals surface area contributed by atoms with Gasteiger partial charge in [-0.25, -0.2) is 0 Å². The molecule has 3 rings (SSSR count). The number of hydrogen-bond donors (Lipinski definition) is 1. The Labute approximate surface area is 182 Å². The molecule has 8 nitrogen and oxygen atoms in total. The number of ether oxygens (including phenoxy) is 3. The van der Waals surface area contributed by atoms with Crippen molar-refractivity contribution in [2.45, 2.75) is 6.42 Å². The molecule has 0 aliphatic carbocycles. The van der Waals surface area contributed by atoms with Crippen LogP contribution in [0.15, 0.2) is 42.5 Å². The Hall–Kier alpha value is -3.42. The number of nitrogens with one attached hydrogen (secondary N) is 1. The van der Waals surface area contributed by atoms with E-state index in [4.69, 9.17) is 14.2 Å². The molecule has 0 saturated carbocycles. The second-order valence-electron chi connectivity index (χ2n) is 7.12. The van der Waals surface area contributed by atoms with Crippen molar-refractivity contribution in [3.63, 3.8) is 0 Å². The Morgan fingerprint density at radius 3 is 2.06 bits per heavy atom. The Balaban J connectivity index is 1.49. The summed E-state index contributed by atoms with van der Waals surface area (Å²) in [5, 5.41) is 2.79. The highest BCUT2D eigenvalue weighted by Crippen LogP contribution is 2.38. The van der Waals surface area contributed by atoms with E-state index in [2.05, 4.69) is 22.3 Å². The van der Waals surface area contributed by atoms with E-state index in [0.717, 1.165) is 13.1 Å². The van der Waals surface area contributed by atoms with Crippen LogP contribution >= 0.6 is 0 Å². The van der Waals surface area contributed by atoms with Gasteiger partial charge in [-0.1, -0.05) is 18.2 Å². The lowest BCUT2D eigenvalue weighted by Gasteiger charge is -2.36. The zero-order chi connectivity index (χ0) is 22.2. The van der Waals surface area contributed by atoms with Crippen molar-refractivity contribution in [2.24, 2.45) is 0 Å². The molecule has 0 atom stereocenters. The van der Waals surface area contributed by atoms with Crippen LogP contribution in [0.1, 0.15) is 16.8 Å². The first-order valence-electron chi connectivity index (χ1n) is 10.2. The summed E-state index contributed by atoms with van der Waals surface area (Å²) in [6.07, 6.45) is 0.251. The molecule has 166 valence electrons. The lowest BCUT2D eigenvalue weighted by molar-refractivity contribution is -0.131. The highest BCUT2D eigenvalue weighted by Gasteiger charge is 2.21. The molecular weight excluding hydrogens is 398 g/mol.